The zero-order valence-corrected chi connectivity index (χ0v) is 9.49. The second-order valence-electron chi connectivity index (χ2n) is 3.38. The number of carbonyl (C=O) groups excluding carboxylic acids is 1. The van der Waals surface area contributed by atoms with Gasteiger partial charge in [-0.3, -0.25) is 0 Å². The fraction of sp³-hybridized carbons (Fsp3) is 0.727. The van der Waals surface area contributed by atoms with Crippen LogP contribution in [-0.4, -0.2) is 43.8 Å². The molecule has 1 heterocycles. The molecule has 0 amide bonds. The van der Waals surface area contributed by atoms with E-state index in [4.69, 9.17) is 9.47 Å². The Balaban J connectivity index is 2.54. The lowest BCUT2D eigenvalue weighted by atomic mass is 10.2. The molecule has 4 heteroatoms. The van der Waals surface area contributed by atoms with Crippen molar-refractivity contribution in [1.82, 2.24) is 4.90 Å². The molecule has 86 valence electrons. The highest BCUT2D eigenvalue weighted by Gasteiger charge is 2.12. The van der Waals surface area contributed by atoms with E-state index in [1.165, 1.54) is 0 Å². The summed E-state index contributed by atoms with van der Waals surface area (Å²) in [4.78, 5) is 13.6. The van der Waals surface area contributed by atoms with Gasteiger partial charge >= 0.3 is 5.97 Å². The van der Waals surface area contributed by atoms with Crippen molar-refractivity contribution < 1.29 is 14.3 Å². The van der Waals surface area contributed by atoms with Gasteiger partial charge in [0.25, 0.3) is 0 Å². The normalized spacial score (nSPS) is 17.7. The summed E-state index contributed by atoms with van der Waals surface area (Å²) in [7, 11) is 0. The molecule has 0 N–H and O–H groups in total. The van der Waals surface area contributed by atoms with Gasteiger partial charge in [-0.2, -0.15) is 0 Å². The quantitative estimate of drug-likeness (QED) is 0.519. The first-order valence-electron chi connectivity index (χ1n) is 5.47. The van der Waals surface area contributed by atoms with Crippen molar-refractivity contribution in [2.45, 2.75) is 20.3 Å². The minimum absolute atomic E-state index is 0.202. The Morgan fingerprint density at radius 2 is 2.07 bits per heavy atom. The van der Waals surface area contributed by atoms with Crippen LogP contribution in [0.1, 0.15) is 20.3 Å². The van der Waals surface area contributed by atoms with Crippen molar-refractivity contribution in [3.05, 3.63) is 11.8 Å². The molecule has 4 nitrogen and oxygen atoms in total. The van der Waals surface area contributed by atoms with Crippen LogP contribution in [0.4, 0.5) is 0 Å². The molecule has 1 aliphatic rings. The van der Waals surface area contributed by atoms with E-state index >= 15 is 0 Å². The molecule has 0 aromatic heterocycles. The van der Waals surface area contributed by atoms with Gasteiger partial charge in [-0.05, 0) is 13.3 Å². The number of nitrogens with zero attached hydrogens (tertiary/aromatic N) is 1. The summed E-state index contributed by atoms with van der Waals surface area (Å²) in [6.07, 6.45) is 2.61. The third-order valence-electron chi connectivity index (χ3n) is 2.30. The van der Waals surface area contributed by atoms with Crippen LogP contribution >= 0.6 is 0 Å². The van der Waals surface area contributed by atoms with Crippen molar-refractivity contribution >= 4 is 5.97 Å². The van der Waals surface area contributed by atoms with Gasteiger partial charge < -0.3 is 14.4 Å². The van der Waals surface area contributed by atoms with E-state index in [9.17, 15) is 4.79 Å². The van der Waals surface area contributed by atoms with Crippen LogP contribution in [0, 0.1) is 0 Å². The molecule has 0 aromatic carbocycles. The zero-order valence-electron chi connectivity index (χ0n) is 9.49. The molecule has 0 aliphatic carbocycles. The fourth-order valence-electron chi connectivity index (χ4n) is 1.44. The van der Waals surface area contributed by atoms with Crippen LogP contribution in [0.15, 0.2) is 11.8 Å². The Kier molecular flexibility index (Phi) is 5.18. The summed E-state index contributed by atoms with van der Waals surface area (Å²) in [6, 6.07) is 0. The van der Waals surface area contributed by atoms with Gasteiger partial charge in [0.05, 0.1) is 25.4 Å². The van der Waals surface area contributed by atoms with E-state index in [1.54, 1.807) is 0 Å². The third-order valence-corrected chi connectivity index (χ3v) is 2.30. The Morgan fingerprint density at radius 1 is 1.40 bits per heavy atom. The van der Waals surface area contributed by atoms with E-state index in [0.717, 1.165) is 31.9 Å². The van der Waals surface area contributed by atoms with Gasteiger partial charge in [-0.25, -0.2) is 4.79 Å². The van der Waals surface area contributed by atoms with Gasteiger partial charge in [0.15, 0.2) is 0 Å². The number of hydrogen-bond acceptors (Lipinski definition) is 4. The summed E-state index contributed by atoms with van der Waals surface area (Å²) in [6.45, 7) is 7.38. The number of hydrogen-bond donors (Lipinski definition) is 0. The van der Waals surface area contributed by atoms with Gasteiger partial charge in [-0.1, -0.05) is 6.92 Å². The van der Waals surface area contributed by atoms with Crippen molar-refractivity contribution in [1.29, 1.82) is 0 Å². The molecule has 0 unspecified atom stereocenters. The maximum absolute atomic E-state index is 11.5. The first kappa shape index (κ1) is 12.0. The summed E-state index contributed by atoms with van der Waals surface area (Å²) < 4.78 is 10.2. The number of ether oxygens (including phenoxy) is 2. The van der Waals surface area contributed by atoms with Crippen LogP contribution in [0.5, 0.6) is 0 Å². The molecule has 0 bridgehead atoms. The summed E-state index contributed by atoms with van der Waals surface area (Å²) in [5, 5.41) is 0. The lowest BCUT2D eigenvalue weighted by Gasteiger charge is -2.26. The topological polar surface area (TPSA) is 38.8 Å². The predicted molar refractivity (Wildman–Crippen MR) is 57.4 cm³/mol. The summed E-state index contributed by atoms with van der Waals surface area (Å²) in [5.74, 6) is -0.202. The maximum Gasteiger partial charge on any atom is 0.335 e. The molecule has 1 rings (SSSR count). The largest absolute Gasteiger partial charge is 0.463 e. The highest BCUT2D eigenvalue weighted by atomic mass is 16.5. The molecular formula is C11H19NO3. The minimum Gasteiger partial charge on any atom is -0.463 e. The van der Waals surface area contributed by atoms with E-state index in [0.29, 0.717) is 13.0 Å². The van der Waals surface area contributed by atoms with Gasteiger partial charge in [-0.15, -0.1) is 0 Å². The standard InChI is InChI=1S/C11H19NO3/c1-3-10(11(13)15-4-2)9-12-5-7-14-8-6-12/h9H,3-8H2,1-2H3/b10-9+. The van der Waals surface area contributed by atoms with Gasteiger partial charge in [0, 0.05) is 19.3 Å². The van der Waals surface area contributed by atoms with Crippen LogP contribution in [0.3, 0.4) is 0 Å². The molecule has 0 aromatic rings. The smallest absolute Gasteiger partial charge is 0.335 e. The summed E-state index contributed by atoms with van der Waals surface area (Å²) in [5.41, 5.74) is 0.735. The molecule has 0 radical (unpaired) electrons. The molecule has 0 spiro atoms. The first-order chi connectivity index (χ1) is 7.27. The van der Waals surface area contributed by atoms with E-state index < -0.39 is 0 Å². The third kappa shape index (κ3) is 3.91. The number of esters is 1. The Labute approximate surface area is 90.8 Å². The minimum atomic E-state index is -0.202. The fourth-order valence-corrected chi connectivity index (χ4v) is 1.44. The van der Waals surface area contributed by atoms with Crippen LogP contribution in [-0.2, 0) is 14.3 Å². The highest BCUT2D eigenvalue weighted by molar-refractivity contribution is 5.88. The molecule has 1 saturated heterocycles. The second-order valence-corrected chi connectivity index (χ2v) is 3.38. The molecule has 1 fully saturated rings. The van der Waals surface area contributed by atoms with Crippen LogP contribution in [0.25, 0.3) is 0 Å². The van der Waals surface area contributed by atoms with Crippen molar-refractivity contribution in [2.24, 2.45) is 0 Å². The molecule has 0 saturated carbocycles. The second kappa shape index (κ2) is 6.45. The van der Waals surface area contributed by atoms with Crippen LogP contribution in [0.2, 0.25) is 0 Å². The average molecular weight is 213 g/mol. The van der Waals surface area contributed by atoms with E-state index in [-0.39, 0.29) is 5.97 Å². The van der Waals surface area contributed by atoms with E-state index in [2.05, 4.69) is 4.90 Å². The monoisotopic (exact) mass is 213 g/mol. The number of carbonyl (C=O) groups is 1. The molecule has 15 heavy (non-hydrogen) atoms. The van der Waals surface area contributed by atoms with Gasteiger partial charge in [0.1, 0.15) is 0 Å². The molecule has 1 aliphatic heterocycles. The molecular weight excluding hydrogens is 194 g/mol. The van der Waals surface area contributed by atoms with Crippen LogP contribution < -0.4 is 0 Å². The zero-order chi connectivity index (χ0) is 11.1. The van der Waals surface area contributed by atoms with E-state index in [1.807, 2.05) is 20.0 Å². The number of morpholine rings is 1. The first-order valence-corrected chi connectivity index (χ1v) is 5.47. The summed E-state index contributed by atoms with van der Waals surface area (Å²) >= 11 is 0. The predicted octanol–water partition coefficient (Wildman–Crippen LogP) is 1.18. The lowest BCUT2D eigenvalue weighted by molar-refractivity contribution is -0.138. The maximum atomic E-state index is 11.5. The van der Waals surface area contributed by atoms with Crippen molar-refractivity contribution in [2.75, 3.05) is 32.9 Å². The Morgan fingerprint density at radius 3 is 2.60 bits per heavy atom. The van der Waals surface area contributed by atoms with Crippen molar-refractivity contribution in [3.63, 3.8) is 0 Å². The van der Waals surface area contributed by atoms with Gasteiger partial charge in [0.2, 0.25) is 0 Å². The average Bonchev–Trinajstić information content (AvgIpc) is 2.27. The highest BCUT2D eigenvalue weighted by Crippen LogP contribution is 2.07. The number of rotatable bonds is 4. The Bertz CT molecular complexity index is 232. The molecule has 0 atom stereocenters. The SMILES string of the molecule is CCOC(=O)/C(=C/N1CCOCC1)CC. The lowest BCUT2D eigenvalue weighted by Crippen LogP contribution is -2.33. The van der Waals surface area contributed by atoms with Crippen molar-refractivity contribution in [3.8, 4) is 0 Å². The Hall–Kier alpha value is -1.03.